The molecule has 0 aliphatic rings. The average Bonchev–Trinajstić information content (AvgIpc) is 2.17. The summed E-state index contributed by atoms with van der Waals surface area (Å²) < 4.78 is 23.2. The molecule has 0 saturated carbocycles. The molecule has 0 aromatic heterocycles. The normalized spacial score (nSPS) is 13.8. The maximum atomic E-state index is 10.6. The van der Waals surface area contributed by atoms with Crippen LogP contribution < -0.4 is 9.86 Å². The molecule has 0 aliphatic heterocycles. The highest BCUT2D eigenvalue weighted by Gasteiger charge is 2.14. The Kier molecular flexibility index (Phi) is 4.54. The van der Waals surface area contributed by atoms with Gasteiger partial charge in [0, 0.05) is 22.2 Å². The second kappa shape index (κ2) is 5.31. The highest BCUT2D eigenvalue weighted by molar-refractivity contribution is 7.87. The van der Waals surface area contributed by atoms with Gasteiger partial charge in [0.2, 0.25) is 0 Å². The van der Waals surface area contributed by atoms with Crippen LogP contribution in [0.3, 0.4) is 0 Å². The summed E-state index contributed by atoms with van der Waals surface area (Å²) in [6, 6.07) is 4.53. The first-order valence-corrected chi connectivity index (χ1v) is 6.50. The van der Waals surface area contributed by atoms with Crippen LogP contribution in [0.1, 0.15) is 11.7 Å². The van der Waals surface area contributed by atoms with Crippen molar-refractivity contribution in [1.29, 1.82) is 0 Å². The molecule has 0 radical (unpaired) electrons. The number of aliphatic hydroxyl groups is 1. The van der Waals surface area contributed by atoms with Crippen molar-refractivity contribution >= 4 is 33.4 Å². The number of benzene rings is 1. The van der Waals surface area contributed by atoms with Crippen molar-refractivity contribution in [1.82, 2.24) is 4.72 Å². The van der Waals surface area contributed by atoms with E-state index in [2.05, 4.69) is 0 Å². The lowest BCUT2D eigenvalue weighted by atomic mass is 10.1. The Morgan fingerprint density at radius 1 is 1.44 bits per heavy atom. The van der Waals surface area contributed by atoms with Gasteiger partial charge in [-0.2, -0.15) is 13.1 Å². The van der Waals surface area contributed by atoms with Gasteiger partial charge in [-0.25, -0.2) is 5.14 Å². The quantitative estimate of drug-likeness (QED) is 0.764. The largest absolute Gasteiger partial charge is 0.387 e. The zero-order valence-corrected chi connectivity index (χ0v) is 10.4. The van der Waals surface area contributed by atoms with Gasteiger partial charge in [0.25, 0.3) is 10.2 Å². The number of hydrogen-bond donors (Lipinski definition) is 3. The molecule has 8 heteroatoms. The summed E-state index contributed by atoms with van der Waals surface area (Å²) in [6.07, 6.45) is -1.11. The number of nitrogens with one attached hydrogen (secondary N) is 1. The zero-order chi connectivity index (χ0) is 12.3. The fourth-order valence-electron chi connectivity index (χ4n) is 1.08. The van der Waals surface area contributed by atoms with Gasteiger partial charge in [0.15, 0.2) is 0 Å². The van der Waals surface area contributed by atoms with Crippen LogP contribution in [-0.2, 0) is 10.2 Å². The molecule has 0 spiro atoms. The van der Waals surface area contributed by atoms with Gasteiger partial charge in [-0.1, -0.05) is 23.2 Å². The van der Waals surface area contributed by atoms with E-state index in [0.29, 0.717) is 15.6 Å². The highest BCUT2D eigenvalue weighted by Crippen LogP contribution is 2.25. The molecule has 0 aliphatic carbocycles. The van der Waals surface area contributed by atoms with Crippen LogP contribution in [-0.4, -0.2) is 20.1 Å². The lowest BCUT2D eigenvalue weighted by Gasteiger charge is -2.12. The van der Waals surface area contributed by atoms with Crippen molar-refractivity contribution in [2.45, 2.75) is 6.10 Å². The Hall–Kier alpha value is -0.370. The van der Waals surface area contributed by atoms with E-state index < -0.39 is 16.3 Å². The fraction of sp³-hybridized carbons (Fsp3) is 0.250. The lowest BCUT2D eigenvalue weighted by Crippen LogP contribution is -2.34. The molecule has 16 heavy (non-hydrogen) atoms. The molecule has 1 unspecified atom stereocenters. The number of hydrogen-bond acceptors (Lipinski definition) is 3. The Labute approximate surface area is 103 Å². The monoisotopic (exact) mass is 284 g/mol. The minimum atomic E-state index is -3.84. The minimum Gasteiger partial charge on any atom is -0.387 e. The van der Waals surface area contributed by atoms with Crippen molar-refractivity contribution in [2.75, 3.05) is 6.54 Å². The molecule has 90 valence electrons. The molecule has 0 bridgehead atoms. The van der Waals surface area contributed by atoms with E-state index in [1.807, 2.05) is 4.72 Å². The number of aliphatic hydroxyl groups excluding tert-OH is 1. The van der Waals surface area contributed by atoms with Crippen LogP contribution in [0, 0.1) is 0 Å². The van der Waals surface area contributed by atoms with Crippen molar-refractivity contribution in [2.24, 2.45) is 5.14 Å². The third-order valence-corrected chi connectivity index (χ3v) is 2.94. The third kappa shape index (κ3) is 4.25. The number of halogens is 2. The summed E-state index contributed by atoms with van der Waals surface area (Å²) in [7, 11) is -3.84. The summed E-state index contributed by atoms with van der Waals surface area (Å²) in [5.74, 6) is 0. The third-order valence-electron chi connectivity index (χ3n) is 1.79. The Bertz CT molecular complexity index is 478. The molecule has 1 aromatic rings. The van der Waals surface area contributed by atoms with Gasteiger partial charge in [0.05, 0.1) is 6.10 Å². The molecule has 1 rings (SSSR count). The highest BCUT2D eigenvalue weighted by atomic mass is 35.5. The van der Waals surface area contributed by atoms with Crippen LogP contribution in [0.4, 0.5) is 0 Å². The first-order chi connectivity index (χ1) is 7.29. The zero-order valence-electron chi connectivity index (χ0n) is 8.02. The molecule has 0 saturated heterocycles. The predicted octanol–water partition coefficient (Wildman–Crippen LogP) is 0.820. The average molecular weight is 285 g/mol. The van der Waals surface area contributed by atoms with E-state index >= 15 is 0 Å². The molecule has 4 N–H and O–H groups in total. The topological polar surface area (TPSA) is 92.4 Å². The summed E-state index contributed by atoms with van der Waals surface area (Å²) in [5, 5.41) is 15.1. The summed E-state index contributed by atoms with van der Waals surface area (Å²) in [4.78, 5) is 0. The van der Waals surface area contributed by atoms with E-state index in [0.717, 1.165) is 0 Å². The van der Waals surface area contributed by atoms with Crippen molar-refractivity contribution in [3.8, 4) is 0 Å². The summed E-state index contributed by atoms with van der Waals surface area (Å²) in [6.45, 7) is -0.265. The van der Waals surface area contributed by atoms with Crippen molar-refractivity contribution < 1.29 is 13.5 Å². The number of rotatable bonds is 4. The first-order valence-electron chi connectivity index (χ1n) is 4.20. The van der Waals surface area contributed by atoms with Gasteiger partial charge < -0.3 is 5.11 Å². The minimum absolute atomic E-state index is 0.265. The van der Waals surface area contributed by atoms with E-state index in [4.69, 9.17) is 28.3 Å². The van der Waals surface area contributed by atoms with E-state index in [1.165, 1.54) is 12.1 Å². The Morgan fingerprint density at radius 3 is 2.62 bits per heavy atom. The van der Waals surface area contributed by atoms with Crippen LogP contribution in [0.25, 0.3) is 0 Å². The smallest absolute Gasteiger partial charge is 0.274 e. The van der Waals surface area contributed by atoms with Crippen LogP contribution in [0.15, 0.2) is 18.2 Å². The lowest BCUT2D eigenvalue weighted by molar-refractivity contribution is 0.182. The standard InChI is InChI=1S/C8H10Cl2N2O3S/c9-5-1-2-7(10)6(3-5)8(13)4-12-16(11,14)15/h1-3,8,12-13H,4H2,(H2,11,14,15). The van der Waals surface area contributed by atoms with Crippen molar-refractivity contribution in [3.63, 3.8) is 0 Å². The Morgan fingerprint density at radius 2 is 2.06 bits per heavy atom. The Balaban J connectivity index is 2.80. The molecule has 0 fully saturated rings. The molecular weight excluding hydrogens is 275 g/mol. The predicted molar refractivity (Wildman–Crippen MR) is 62.5 cm³/mol. The van der Waals surface area contributed by atoms with Crippen LogP contribution in [0.2, 0.25) is 10.0 Å². The molecule has 0 heterocycles. The number of nitrogens with two attached hydrogens (primary N) is 1. The molecule has 0 amide bonds. The maximum absolute atomic E-state index is 10.6. The van der Waals surface area contributed by atoms with Crippen LogP contribution >= 0.6 is 23.2 Å². The molecule has 1 atom stereocenters. The van der Waals surface area contributed by atoms with Crippen molar-refractivity contribution in [3.05, 3.63) is 33.8 Å². The maximum Gasteiger partial charge on any atom is 0.274 e. The SMILES string of the molecule is NS(=O)(=O)NCC(O)c1cc(Cl)ccc1Cl. The van der Waals surface area contributed by atoms with E-state index in [1.54, 1.807) is 6.07 Å². The van der Waals surface area contributed by atoms with Gasteiger partial charge in [0.1, 0.15) is 0 Å². The van der Waals surface area contributed by atoms with E-state index in [9.17, 15) is 13.5 Å². The summed E-state index contributed by atoms with van der Waals surface area (Å²) >= 11 is 11.5. The van der Waals surface area contributed by atoms with Gasteiger partial charge in [-0.15, -0.1) is 0 Å². The molecule has 5 nitrogen and oxygen atoms in total. The van der Waals surface area contributed by atoms with Crippen LogP contribution in [0.5, 0.6) is 0 Å². The van der Waals surface area contributed by atoms with Gasteiger partial charge >= 0.3 is 0 Å². The second-order valence-electron chi connectivity index (χ2n) is 3.08. The summed E-state index contributed by atoms with van der Waals surface area (Å²) in [5.41, 5.74) is 0.338. The van der Waals surface area contributed by atoms with Gasteiger partial charge in [-0.3, -0.25) is 0 Å². The fourth-order valence-corrected chi connectivity index (χ4v) is 1.89. The van der Waals surface area contributed by atoms with E-state index in [-0.39, 0.29) is 6.54 Å². The van der Waals surface area contributed by atoms with Gasteiger partial charge in [-0.05, 0) is 18.2 Å². The molecule has 1 aromatic carbocycles. The first kappa shape index (κ1) is 13.7. The molecular formula is C8H10Cl2N2O3S. The second-order valence-corrected chi connectivity index (χ2v) is 5.30.